The van der Waals surface area contributed by atoms with Crippen LogP contribution in [-0.2, 0) is 0 Å². The summed E-state index contributed by atoms with van der Waals surface area (Å²) in [5, 5.41) is 0. The number of terminal acetylenes is 1. The Morgan fingerprint density at radius 2 is 1.54 bits per heavy atom. The van der Waals surface area contributed by atoms with E-state index in [0.29, 0.717) is 6.54 Å². The first kappa shape index (κ1) is 23.5. The van der Waals surface area contributed by atoms with Crippen molar-refractivity contribution in [2.75, 3.05) is 18.5 Å². The van der Waals surface area contributed by atoms with Gasteiger partial charge in [-0.1, -0.05) is 44.1 Å². The van der Waals surface area contributed by atoms with Crippen molar-refractivity contribution in [2.45, 2.75) is 41.5 Å². The fourth-order valence-electron chi connectivity index (χ4n) is 2.34. The van der Waals surface area contributed by atoms with Crippen molar-refractivity contribution in [1.29, 1.82) is 0 Å². The topological polar surface area (TPSA) is 3.24 Å². The first-order valence-corrected chi connectivity index (χ1v) is 8.90. The molecule has 1 nitrogen and oxygen atoms in total. The predicted molar refractivity (Wildman–Crippen MR) is 115 cm³/mol. The molecular weight excluding hydrogens is 321 g/mol. The summed E-state index contributed by atoms with van der Waals surface area (Å²) in [4.78, 5) is 1.87. The summed E-state index contributed by atoms with van der Waals surface area (Å²) >= 11 is 0. The van der Waals surface area contributed by atoms with Gasteiger partial charge in [0.1, 0.15) is 5.82 Å². The van der Waals surface area contributed by atoms with Crippen molar-refractivity contribution < 1.29 is 4.39 Å². The number of nitrogens with zero attached hydrogens (tertiary/aromatic N) is 1. The van der Waals surface area contributed by atoms with Gasteiger partial charge in [-0.15, -0.1) is 6.42 Å². The molecule has 0 bridgehead atoms. The molecule has 0 aliphatic carbocycles. The zero-order valence-corrected chi connectivity index (χ0v) is 17.3. The van der Waals surface area contributed by atoms with Gasteiger partial charge in [-0.25, -0.2) is 4.39 Å². The van der Waals surface area contributed by atoms with E-state index in [1.807, 2.05) is 25.8 Å². The minimum Gasteiger partial charge on any atom is -0.363 e. The van der Waals surface area contributed by atoms with Gasteiger partial charge in [-0.2, -0.15) is 0 Å². The quantitative estimate of drug-likeness (QED) is 0.564. The summed E-state index contributed by atoms with van der Waals surface area (Å²) in [5.41, 5.74) is 7.39. The molecule has 26 heavy (non-hydrogen) atoms. The van der Waals surface area contributed by atoms with Crippen molar-refractivity contribution in [1.82, 2.24) is 0 Å². The Hall–Kier alpha value is -2.53. The van der Waals surface area contributed by atoms with Crippen LogP contribution in [0.5, 0.6) is 0 Å². The molecule has 0 N–H and O–H groups in total. The first-order chi connectivity index (χ1) is 12.3. The molecule has 0 radical (unpaired) electrons. The van der Waals surface area contributed by atoms with Crippen LogP contribution in [0.4, 0.5) is 10.1 Å². The third-order valence-corrected chi connectivity index (χ3v) is 3.90. The van der Waals surface area contributed by atoms with Gasteiger partial charge in [0.2, 0.25) is 0 Å². The second-order valence-electron chi connectivity index (χ2n) is 6.07. The molecule has 0 amide bonds. The summed E-state index contributed by atoms with van der Waals surface area (Å²) in [7, 11) is 1.87. The maximum Gasteiger partial charge on any atom is 0.123 e. The van der Waals surface area contributed by atoms with Crippen molar-refractivity contribution in [3.05, 3.63) is 71.0 Å². The monoisotopic (exact) mass is 353 g/mol. The van der Waals surface area contributed by atoms with Crippen molar-refractivity contribution in [2.24, 2.45) is 0 Å². The second kappa shape index (κ2) is 11.9. The molecule has 0 aliphatic heterocycles. The van der Waals surface area contributed by atoms with Gasteiger partial charge in [0.15, 0.2) is 0 Å². The van der Waals surface area contributed by atoms with Crippen LogP contribution in [0, 0.1) is 38.9 Å². The van der Waals surface area contributed by atoms with E-state index in [1.165, 1.54) is 34.4 Å². The van der Waals surface area contributed by atoms with E-state index in [2.05, 4.69) is 52.3 Å². The average molecular weight is 354 g/mol. The normalized spacial score (nSPS) is 9.04. The number of benzene rings is 2. The highest BCUT2D eigenvalue weighted by Gasteiger charge is 2.01. The van der Waals surface area contributed by atoms with Crippen LogP contribution in [0.3, 0.4) is 0 Å². The van der Waals surface area contributed by atoms with Gasteiger partial charge in [-0.05, 0) is 74.2 Å². The van der Waals surface area contributed by atoms with Crippen molar-refractivity contribution >= 4 is 11.3 Å². The van der Waals surface area contributed by atoms with Crippen LogP contribution < -0.4 is 4.90 Å². The molecule has 0 aliphatic rings. The first-order valence-electron chi connectivity index (χ1n) is 8.90. The van der Waals surface area contributed by atoms with E-state index < -0.39 is 0 Å². The van der Waals surface area contributed by atoms with Gasteiger partial charge in [0.05, 0.1) is 6.54 Å². The molecule has 140 valence electrons. The number of aryl methyl sites for hydroxylation is 3. The summed E-state index contributed by atoms with van der Waals surface area (Å²) in [6.07, 6.45) is 5.13. The Balaban J connectivity index is 0.000000439. The maximum absolute atomic E-state index is 12.5. The van der Waals surface area contributed by atoms with Crippen LogP contribution >= 0.6 is 0 Å². The van der Waals surface area contributed by atoms with E-state index in [9.17, 15) is 4.39 Å². The van der Waals surface area contributed by atoms with E-state index in [0.717, 1.165) is 11.3 Å². The lowest BCUT2D eigenvalue weighted by atomic mass is 9.97. The molecule has 0 saturated carbocycles. The number of hydrogen-bond acceptors (Lipinski definition) is 1. The smallest absolute Gasteiger partial charge is 0.123 e. The molecule has 2 aromatic carbocycles. The van der Waals surface area contributed by atoms with Crippen LogP contribution in [0.1, 0.15) is 43.0 Å². The molecule has 2 heteroatoms. The summed E-state index contributed by atoms with van der Waals surface area (Å²) in [6.45, 7) is 17.0. The van der Waals surface area contributed by atoms with Crippen LogP contribution in [0.2, 0.25) is 0 Å². The molecule has 2 rings (SSSR count). The summed E-state index contributed by atoms with van der Waals surface area (Å²) < 4.78 is 12.5. The van der Waals surface area contributed by atoms with E-state index in [1.54, 1.807) is 12.1 Å². The molecule has 0 aromatic heterocycles. The fourth-order valence-corrected chi connectivity index (χ4v) is 2.34. The van der Waals surface area contributed by atoms with E-state index >= 15 is 0 Å². The zero-order chi connectivity index (χ0) is 20.3. The van der Waals surface area contributed by atoms with Gasteiger partial charge >= 0.3 is 0 Å². The molecule has 0 heterocycles. The maximum atomic E-state index is 12.5. The van der Waals surface area contributed by atoms with Gasteiger partial charge < -0.3 is 4.90 Å². The van der Waals surface area contributed by atoms with Crippen LogP contribution in [0.25, 0.3) is 5.57 Å². The molecular formula is C24H32FN. The Kier molecular flexibility index (Phi) is 10.8. The summed E-state index contributed by atoms with van der Waals surface area (Å²) in [6, 6.07) is 10.7. The molecule has 0 atom stereocenters. The SMILES string of the molecule is C#CCN(C)c1ccc(F)cc1.C=C(C)c1cc(C)c(C)cc1C.CC. The highest BCUT2D eigenvalue weighted by atomic mass is 19.1. The number of anilines is 1. The second-order valence-corrected chi connectivity index (χ2v) is 6.07. The largest absolute Gasteiger partial charge is 0.363 e. The Morgan fingerprint density at radius 3 is 2.00 bits per heavy atom. The predicted octanol–water partition coefficient (Wildman–Crippen LogP) is 6.57. The minimum absolute atomic E-state index is 0.229. The van der Waals surface area contributed by atoms with E-state index in [-0.39, 0.29) is 5.82 Å². The van der Waals surface area contributed by atoms with Gasteiger partial charge in [0.25, 0.3) is 0 Å². The lowest BCUT2D eigenvalue weighted by Gasteiger charge is -2.15. The molecule has 2 aromatic rings. The number of rotatable bonds is 3. The standard InChI is InChI=1S/C12H16.C10H10FN.C2H6/c1-8(2)12-7-10(4)9(3)6-11(12)5;1-3-8-12(2)10-6-4-9(11)5-7-10;1-2/h6-7H,1H2,2-5H3;1,4-7H,8H2,2H3;1-2H3. The number of halogens is 1. The Bertz CT molecular complexity index is 736. The lowest BCUT2D eigenvalue weighted by Crippen LogP contribution is -2.16. The molecule has 0 spiro atoms. The van der Waals surface area contributed by atoms with Crippen molar-refractivity contribution in [3.63, 3.8) is 0 Å². The lowest BCUT2D eigenvalue weighted by molar-refractivity contribution is 0.628. The third-order valence-electron chi connectivity index (χ3n) is 3.90. The molecule has 0 unspecified atom stereocenters. The van der Waals surface area contributed by atoms with E-state index in [4.69, 9.17) is 6.42 Å². The van der Waals surface area contributed by atoms with Crippen LogP contribution in [0.15, 0.2) is 43.0 Å². The summed E-state index contributed by atoms with van der Waals surface area (Å²) in [5.74, 6) is 2.28. The van der Waals surface area contributed by atoms with Gasteiger partial charge in [-0.3, -0.25) is 0 Å². The Labute approximate surface area is 159 Å². The number of hydrogen-bond donors (Lipinski definition) is 0. The Morgan fingerprint density at radius 1 is 1.04 bits per heavy atom. The number of allylic oxidation sites excluding steroid dienone is 1. The molecule has 0 fully saturated rings. The highest BCUT2D eigenvalue weighted by Crippen LogP contribution is 2.20. The van der Waals surface area contributed by atoms with Crippen molar-refractivity contribution in [3.8, 4) is 12.3 Å². The zero-order valence-electron chi connectivity index (χ0n) is 17.3. The highest BCUT2D eigenvalue weighted by molar-refractivity contribution is 5.65. The third kappa shape index (κ3) is 7.57. The average Bonchev–Trinajstić information content (AvgIpc) is 2.61. The molecule has 0 saturated heterocycles. The van der Waals surface area contributed by atoms with Gasteiger partial charge in [0, 0.05) is 12.7 Å². The fraction of sp³-hybridized carbons (Fsp3) is 0.333. The van der Waals surface area contributed by atoms with Crippen LogP contribution in [-0.4, -0.2) is 13.6 Å². The minimum atomic E-state index is -0.229.